The van der Waals surface area contributed by atoms with E-state index in [0.717, 1.165) is 5.01 Å². The number of aryl methyl sites for hydroxylation is 1. The van der Waals surface area contributed by atoms with Crippen LogP contribution in [0.4, 0.5) is 6.01 Å². The fraction of sp³-hybridized carbons (Fsp3) is 0.294. The molecule has 0 atom stereocenters. The molecule has 2 heterocycles. The van der Waals surface area contributed by atoms with Gasteiger partial charge in [-0.05, 0) is 31.2 Å². The summed E-state index contributed by atoms with van der Waals surface area (Å²) in [4.78, 5) is 16.7. The Balaban J connectivity index is 1.73. The molecule has 0 saturated carbocycles. The zero-order chi connectivity index (χ0) is 20.3. The summed E-state index contributed by atoms with van der Waals surface area (Å²) in [6.45, 7) is 6.15. The zero-order valence-electron chi connectivity index (χ0n) is 15.5. The third-order valence-corrected chi connectivity index (χ3v) is 6.78. The first kappa shape index (κ1) is 20.1. The highest BCUT2D eigenvalue weighted by Crippen LogP contribution is 2.22. The molecular formula is C17H19N5O4S2. The number of benzene rings is 1. The Morgan fingerprint density at radius 3 is 2.43 bits per heavy atom. The fourth-order valence-corrected chi connectivity index (χ4v) is 4.54. The van der Waals surface area contributed by atoms with Crippen molar-refractivity contribution in [2.24, 2.45) is 0 Å². The average molecular weight is 422 g/mol. The third-order valence-electron chi connectivity index (χ3n) is 3.94. The van der Waals surface area contributed by atoms with Crippen molar-refractivity contribution in [1.82, 2.24) is 19.5 Å². The number of hydrogen-bond donors (Lipinski definition) is 1. The Hall–Kier alpha value is -2.63. The van der Waals surface area contributed by atoms with Gasteiger partial charge in [0, 0.05) is 24.0 Å². The van der Waals surface area contributed by atoms with Gasteiger partial charge in [-0.25, -0.2) is 13.4 Å². The fourth-order valence-electron chi connectivity index (χ4n) is 2.50. The number of sulfonamides is 1. The number of anilines is 1. The predicted octanol–water partition coefficient (Wildman–Crippen LogP) is 2.78. The summed E-state index contributed by atoms with van der Waals surface area (Å²) in [6, 6.07) is 5.62. The predicted molar refractivity (Wildman–Crippen MR) is 105 cm³/mol. The Morgan fingerprint density at radius 1 is 1.18 bits per heavy atom. The van der Waals surface area contributed by atoms with E-state index < -0.39 is 15.9 Å². The summed E-state index contributed by atoms with van der Waals surface area (Å²) >= 11 is 1.45. The average Bonchev–Trinajstić information content (AvgIpc) is 3.31. The van der Waals surface area contributed by atoms with Crippen molar-refractivity contribution in [2.75, 3.05) is 18.4 Å². The van der Waals surface area contributed by atoms with Crippen molar-refractivity contribution in [3.63, 3.8) is 0 Å². The summed E-state index contributed by atoms with van der Waals surface area (Å²) in [5.74, 6) is -0.281. The molecule has 0 unspecified atom stereocenters. The lowest BCUT2D eigenvalue weighted by molar-refractivity contribution is 0.102. The van der Waals surface area contributed by atoms with Crippen molar-refractivity contribution in [1.29, 1.82) is 0 Å². The molecule has 1 aromatic carbocycles. The molecule has 148 valence electrons. The van der Waals surface area contributed by atoms with Crippen LogP contribution in [0.2, 0.25) is 0 Å². The molecule has 9 nitrogen and oxygen atoms in total. The Labute approximate surface area is 166 Å². The van der Waals surface area contributed by atoms with Crippen LogP contribution in [0.15, 0.2) is 39.0 Å². The number of nitrogens with zero attached hydrogens (tertiary/aromatic N) is 4. The molecule has 11 heteroatoms. The molecule has 0 radical (unpaired) electrons. The van der Waals surface area contributed by atoms with Crippen LogP contribution in [0.3, 0.4) is 0 Å². The van der Waals surface area contributed by atoms with Gasteiger partial charge >= 0.3 is 6.01 Å². The monoisotopic (exact) mass is 421 g/mol. The quantitative estimate of drug-likeness (QED) is 0.623. The second-order valence-electron chi connectivity index (χ2n) is 5.73. The summed E-state index contributed by atoms with van der Waals surface area (Å²) in [7, 11) is -3.57. The van der Waals surface area contributed by atoms with E-state index in [0.29, 0.717) is 18.8 Å². The Morgan fingerprint density at radius 2 is 1.86 bits per heavy atom. The van der Waals surface area contributed by atoms with E-state index in [-0.39, 0.29) is 22.4 Å². The highest BCUT2D eigenvalue weighted by Gasteiger charge is 2.22. The minimum atomic E-state index is -3.57. The number of hydrogen-bond acceptors (Lipinski definition) is 8. The molecular weight excluding hydrogens is 402 g/mol. The van der Waals surface area contributed by atoms with Crippen molar-refractivity contribution >= 4 is 33.3 Å². The minimum absolute atomic E-state index is 0.0644. The number of carbonyl (C=O) groups is 1. The van der Waals surface area contributed by atoms with E-state index in [9.17, 15) is 13.2 Å². The summed E-state index contributed by atoms with van der Waals surface area (Å²) in [5.41, 5.74) is 0.809. The number of nitrogens with one attached hydrogen (secondary N) is 1. The molecule has 0 spiro atoms. The van der Waals surface area contributed by atoms with E-state index in [4.69, 9.17) is 4.42 Å². The van der Waals surface area contributed by atoms with Crippen LogP contribution in [0.25, 0.3) is 11.6 Å². The van der Waals surface area contributed by atoms with Gasteiger partial charge in [0.2, 0.25) is 10.0 Å². The van der Waals surface area contributed by atoms with Crippen LogP contribution in [0.1, 0.15) is 29.2 Å². The molecule has 3 aromatic rings. The van der Waals surface area contributed by atoms with Crippen LogP contribution in [0, 0.1) is 6.92 Å². The van der Waals surface area contributed by atoms with E-state index in [2.05, 4.69) is 20.5 Å². The molecule has 0 saturated heterocycles. The highest BCUT2D eigenvalue weighted by molar-refractivity contribution is 7.89. The lowest BCUT2D eigenvalue weighted by Gasteiger charge is -2.18. The first-order chi connectivity index (χ1) is 13.3. The summed E-state index contributed by atoms with van der Waals surface area (Å²) in [5, 5.41) is 12.8. The van der Waals surface area contributed by atoms with Gasteiger partial charge in [0.05, 0.1) is 9.90 Å². The lowest BCUT2D eigenvalue weighted by Crippen LogP contribution is -2.30. The first-order valence-electron chi connectivity index (χ1n) is 8.52. The van der Waals surface area contributed by atoms with Gasteiger partial charge in [-0.2, -0.15) is 4.31 Å². The molecule has 1 N–H and O–H groups in total. The SMILES string of the molecule is CCN(CC)S(=O)(=O)c1ccc(C(=O)Nc2nnc(-c3csc(C)n3)o2)cc1. The molecule has 0 aliphatic heterocycles. The first-order valence-corrected chi connectivity index (χ1v) is 10.8. The topological polar surface area (TPSA) is 118 Å². The molecule has 28 heavy (non-hydrogen) atoms. The van der Waals surface area contributed by atoms with Gasteiger partial charge in [0.25, 0.3) is 11.8 Å². The largest absolute Gasteiger partial charge is 0.401 e. The lowest BCUT2D eigenvalue weighted by atomic mass is 10.2. The van der Waals surface area contributed by atoms with Crippen LogP contribution in [0.5, 0.6) is 0 Å². The minimum Gasteiger partial charge on any atom is -0.401 e. The number of amides is 1. The molecule has 0 aliphatic carbocycles. The van der Waals surface area contributed by atoms with E-state index in [1.807, 2.05) is 6.92 Å². The van der Waals surface area contributed by atoms with Crippen molar-refractivity contribution < 1.29 is 17.6 Å². The van der Waals surface area contributed by atoms with E-state index >= 15 is 0 Å². The number of carbonyl (C=O) groups excluding carboxylic acids is 1. The summed E-state index contributed by atoms with van der Waals surface area (Å²) < 4.78 is 31.7. The summed E-state index contributed by atoms with van der Waals surface area (Å²) in [6.07, 6.45) is 0. The van der Waals surface area contributed by atoms with E-state index in [1.165, 1.54) is 39.9 Å². The maximum absolute atomic E-state index is 12.5. The van der Waals surface area contributed by atoms with E-state index in [1.54, 1.807) is 19.2 Å². The van der Waals surface area contributed by atoms with Crippen LogP contribution < -0.4 is 5.32 Å². The normalized spacial score (nSPS) is 11.7. The third kappa shape index (κ3) is 4.11. The van der Waals surface area contributed by atoms with Crippen molar-refractivity contribution in [3.8, 4) is 11.6 Å². The molecule has 0 aliphatic rings. The molecule has 0 fully saturated rings. The Bertz CT molecular complexity index is 1070. The molecule has 1 amide bonds. The van der Waals surface area contributed by atoms with Gasteiger partial charge in [0.1, 0.15) is 5.69 Å². The van der Waals surface area contributed by atoms with Gasteiger partial charge in [0.15, 0.2) is 0 Å². The number of thiazole rings is 1. The second-order valence-corrected chi connectivity index (χ2v) is 8.73. The Kier molecular flexibility index (Phi) is 5.87. The second kappa shape index (κ2) is 8.17. The van der Waals surface area contributed by atoms with Crippen LogP contribution >= 0.6 is 11.3 Å². The maximum atomic E-state index is 12.5. The van der Waals surface area contributed by atoms with Crippen LogP contribution in [-0.2, 0) is 10.0 Å². The van der Waals surface area contributed by atoms with Crippen molar-refractivity contribution in [2.45, 2.75) is 25.7 Å². The number of aromatic nitrogens is 3. The standard InChI is InChI=1S/C17H19N5O4S2/c1-4-22(5-2)28(24,25)13-8-6-12(7-9-13)15(23)19-17-21-20-16(26-17)14-10-27-11(3)18-14/h6-10H,4-5H2,1-3H3,(H,19,21,23). The smallest absolute Gasteiger partial charge is 0.322 e. The van der Waals surface area contributed by atoms with Gasteiger partial charge in [-0.1, -0.05) is 18.9 Å². The molecule has 0 bridgehead atoms. The highest BCUT2D eigenvalue weighted by atomic mass is 32.2. The van der Waals surface area contributed by atoms with Gasteiger partial charge in [-0.15, -0.1) is 16.4 Å². The molecule has 3 rings (SSSR count). The molecule has 2 aromatic heterocycles. The zero-order valence-corrected chi connectivity index (χ0v) is 17.2. The number of rotatable bonds is 7. The van der Waals surface area contributed by atoms with Gasteiger partial charge < -0.3 is 4.42 Å². The van der Waals surface area contributed by atoms with Gasteiger partial charge in [-0.3, -0.25) is 10.1 Å². The van der Waals surface area contributed by atoms with Crippen molar-refractivity contribution in [3.05, 3.63) is 40.2 Å². The van der Waals surface area contributed by atoms with Crippen LogP contribution in [-0.4, -0.2) is 46.9 Å². The maximum Gasteiger partial charge on any atom is 0.322 e.